The lowest BCUT2D eigenvalue weighted by Gasteiger charge is -2.24. The van der Waals surface area contributed by atoms with E-state index in [1.54, 1.807) is 5.19 Å². The molecule has 0 bridgehead atoms. The molecular formula is C21H20Si. The molecule has 0 aliphatic rings. The van der Waals surface area contributed by atoms with Gasteiger partial charge in [-0.2, -0.15) is 0 Å². The summed E-state index contributed by atoms with van der Waals surface area (Å²) >= 11 is 0. The van der Waals surface area contributed by atoms with Crippen molar-refractivity contribution >= 4 is 45.6 Å². The van der Waals surface area contributed by atoms with Crippen LogP contribution in [-0.2, 0) is 0 Å². The summed E-state index contributed by atoms with van der Waals surface area (Å²) in [7, 11) is -1.49. The minimum absolute atomic E-state index is 1.12. The van der Waals surface area contributed by atoms with Crippen molar-refractivity contribution in [1.29, 1.82) is 0 Å². The first-order valence-electron chi connectivity index (χ1n) is 7.90. The summed E-state index contributed by atoms with van der Waals surface area (Å²) in [5, 5.41) is 9.90. The Kier molecular flexibility index (Phi) is 2.88. The zero-order valence-electron chi connectivity index (χ0n) is 13.2. The molecule has 0 saturated carbocycles. The van der Waals surface area contributed by atoms with Crippen LogP contribution in [0.5, 0.6) is 0 Å². The van der Waals surface area contributed by atoms with E-state index in [1.807, 2.05) is 0 Å². The molecule has 108 valence electrons. The molecule has 0 aliphatic heterocycles. The number of allylic oxidation sites excluding steroid dienone is 1. The van der Waals surface area contributed by atoms with E-state index in [-0.39, 0.29) is 0 Å². The summed E-state index contributed by atoms with van der Waals surface area (Å²) in [5.74, 6) is 0. The third kappa shape index (κ3) is 1.82. The van der Waals surface area contributed by atoms with Crippen molar-refractivity contribution in [2.24, 2.45) is 0 Å². The van der Waals surface area contributed by atoms with Gasteiger partial charge in [-0.1, -0.05) is 79.0 Å². The Bertz CT molecular complexity index is 979. The average molecular weight is 300 g/mol. The van der Waals surface area contributed by atoms with Crippen LogP contribution in [0.25, 0.3) is 32.3 Å². The molecule has 0 radical (unpaired) electrons. The smallest absolute Gasteiger partial charge is 0.0851 e. The van der Waals surface area contributed by atoms with Crippen LogP contribution in [-0.4, -0.2) is 8.07 Å². The third-order valence-corrected chi connectivity index (χ3v) is 8.12. The van der Waals surface area contributed by atoms with Gasteiger partial charge in [0, 0.05) is 0 Å². The summed E-state index contributed by atoms with van der Waals surface area (Å²) in [4.78, 5) is 0. The van der Waals surface area contributed by atoms with Gasteiger partial charge in [0.1, 0.15) is 0 Å². The van der Waals surface area contributed by atoms with Crippen molar-refractivity contribution < 1.29 is 0 Å². The van der Waals surface area contributed by atoms with Crippen molar-refractivity contribution in [1.82, 2.24) is 0 Å². The van der Waals surface area contributed by atoms with E-state index in [0.29, 0.717) is 0 Å². The van der Waals surface area contributed by atoms with Gasteiger partial charge < -0.3 is 0 Å². The molecule has 0 amide bonds. The average Bonchev–Trinajstić information content (AvgIpc) is 2.52. The molecule has 0 aromatic heterocycles. The summed E-state index contributed by atoms with van der Waals surface area (Å²) in [6.07, 6.45) is 2.09. The van der Waals surface area contributed by atoms with Crippen molar-refractivity contribution in [3.8, 4) is 0 Å². The number of hydrogen-bond acceptors (Lipinski definition) is 0. The van der Waals surface area contributed by atoms with E-state index in [2.05, 4.69) is 80.3 Å². The Balaban J connectivity index is 2.19. The topological polar surface area (TPSA) is 0 Å². The Morgan fingerprint density at radius 3 is 2.09 bits per heavy atom. The molecule has 1 heteroatoms. The first kappa shape index (κ1) is 13.5. The van der Waals surface area contributed by atoms with Crippen molar-refractivity contribution in [3.05, 3.63) is 67.3 Å². The molecule has 0 nitrogen and oxygen atoms in total. The maximum Gasteiger partial charge on any atom is 0.0851 e. The molecule has 0 N–H and O–H groups in total. The molecule has 4 rings (SSSR count). The fraction of sp³-hybridized carbons (Fsp3) is 0.143. The van der Waals surface area contributed by atoms with Gasteiger partial charge >= 0.3 is 0 Å². The highest BCUT2D eigenvalue weighted by molar-refractivity contribution is 6.91. The molecule has 0 aliphatic carbocycles. The number of rotatable bonds is 3. The fourth-order valence-electron chi connectivity index (χ4n) is 3.80. The molecule has 22 heavy (non-hydrogen) atoms. The molecule has 0 atom stereocenters. The summed E-state index contributed by atoms with van der Waals surface area (Å²) in [6.45, 7) is 8.86. The molecule has 4 aromatic carbocycles. The van der Waals surface area contributed by atoms with Gasteiger partial charge in [-0.3, -0.25) is 0 Å². The highest BCUT2D eigenvalue weighted by Gasteiger charge is 2.24. The van der Waals surface area contributed by atoms with Crippen LogP contribution >= 0.6 is 0 Å². The maximum absolute atomic E-state index is 3.97. The van der Waals surface area contributed by atoms with Gasteiger partial charge in [-0.25, -0.2) is 0 Å². The number of hydrogen-bond donors (Lipinski definition) is 0. The lowest BCUT2D eigenvalue weighted by molar-refractivity contribution is 1.56. The second-order valence-corrected chi connectivity index (χ2v) is 11.6. The highest BCUT2D eigenvalue weighted by Crippen LogP contribution is 2.34. The van der Waals surface area contributed by atoms with Gasteiger partial charge in [0.2, 0.25) is 0 Å². The van der Waals surface area contributed by atoms with Gasteiger partial charge in [0.25, 0.3) is 0 Å². The SMILES string of the molecule is C=CC[Si](C)(C)c1ccc2ccc3cccc4ccc1c2c34. The molecule has 0 spiro atoms. The highest BCUT2D eigenvalue weighted by atomic mass is 28.3. The molecule has 0 heterocycles. The van der Waals surface area contributed by atoms with Gasteiger partial charge in [-0.15, -0.1) is 6.58 Å². The predicted octanol–water partition coefficient (Wildman–Crippen LogP) is 5.69. The zero-order valence-corrected chi connectivity index (χ0v) is 14.2. The second-order valence-electron chi connectivity index (χ2n) is 6.85. The van der Waals surface area contributed by atoms with Gasteiger partial charge in [0.05, 0.1) is 8.07 Å². The van der Waals surface area contributed by atoms with Crippen LogP contribution in [0.4, 0.5) is 0 Å². The van der Waals surface area contributed by atoms with Gasteiger partial charge in [0.15, 0.2) is 0 Å². The first-order chi connectivity index (χ1) is 10.6. The van der Waals surface area contributed by atoms with Crippen molar-refractivity contribution in [3.63, 3.8) is 0 Å². The largest absolute Gasteiger partial charge is 0.103 e. The minimum atomic E-state index is -1.49. The molecular weight excluding hydrogens is 280 g/mol. The van der Waals surface area contributed by atoms with Crippen LogP contribution in [0.3, 0.4) is 0 Å². The minimum Gasteiger partial charge on any atom is -0.103 e. The van der Waals surface area contributed by atoms with E-state index >= 15 is 0 Å². The van der Waals surface area contributed by atoms with E-state index in [1.165, 1.54) is 32.3 Å². The normalized spacial score (nSPS) is 12.5. The molecule has 0 unspecified atom stereocenters. The number of benzene rings is 4. The van der Waals surface area contributed by atoms with Crippen LogP contribution < -0.4 is 5.19 Å². The fourth-order valence-corrected chi connectivity index (χ4v) is 6.21. The third-order valence-electron chi connectivity index (χ3n) is 4.91. The molecule has 0 saturated heterocycles. The van der Waals surface area contributed by atoms with Gasteiger partial charge in [-0.05, 0) is 38.4 Å². The monoisotopic (exact) mass is 300 g/mol. The Labute approximate surface area is 132 Å². The van der Waals surface area contributed by atoms with Crippen LogP contribution in [0, 0.1) is 0 Å². The summed E-state index contributed by atoms with van der Waals surface area (Å²) in [5.41, 5.74) is 0. The van der Waals surface area contributed by atoms with E-state index in [0.717, 1.165) is 6.04 Å². The molecule has 4 aromatic rings. The van der Waals surface area contributed by atoms with E-state index < -0.39 is 8.07 Å². The predicted molar refractivity (Wildman–Crippen MR) is 102 cm³/mol. The lowest BCUT2D eigenvalue weighted by Crippen LogP contribution is -2.41. The van der Waals surface area contributed by atoms with Crippen LogP contribution in [0.1, 0.15) is 0 Å². The summed E-state index contributed by atoms with van der Waals surface area (Å²) < 4.78 is 0. The first-order valence-corrected chi connectivity index (χ1v) is 11.1. The summed E-state index contributed by atoms with van der Waals surface area (Å²) in [6, 6.07) is 21.5. The van der Waals surface area contributed by atoms with Crippen molar-refractivity contribution in [2.75, 3.05) is 0 Å². The molecule has 0 fully saturated rings. The standard InChI is InChI=1S/C21H20Si/c1-4-14-22(2,3)19-13-11-17-9-8-15-6-5-7-16-10-12-18(19)21(17)20(15)16/h4-13H,1,14H2,2-3H3. The van der Waals surface area contributed by atoms with E-state index in [9.17, 15) is 0 Å². The second kappa shape index (κ2) is 4.69. The quantitative estimate of drug-likeness (QED) is 0.259. The van der Waals surface area contributed by atoms with Crippen LogP contribution in [0.15, 0.2) is 67.3 Å². The van der Waals surface area contributed by atoms with E-state index in [4.69, 9.17) is 0 Å². The lowest BCUT2D eigenvalue weighted by atomic mass is 9.94. The van der Waals surface area contributed by atoms with Crippen molar-refractivity contribution in [2.45, 2.75) is 19.1 Å². The Hall–Kier alpha value is -2.12. The zero-order chi connectivity index (χ0) is 15.3. The Morgan fingerprint density at radius 1 is 0.818 bits per heavy atom. The van der Waals surface area contributed by atoms with Crippen LogP contribution in [0.2, 0.25) is 19.1 Å². The Morgan fingerprint density at radius 2 is 1.41 bits per heavy atom. The maximum atomic E-state index is 3.97.